The van der Waals surface area contributed by atoms with Crippen molar-refractivity contribution in [1.82, 2.24) is 4.90 Å². The number of ether oxygens (including phenoxy) is 1. The van der Waals surface area contributed by atoms with Crippen molar-refractivity contribution in [1.29, 1.82) is 0 Å². The van der Waals surface area contributed by atoms with Gasteiger partial charge in [0.15, 0.2) is 6.61 Å². The number of rotatable bonds is 7. The van der Waals surface area contributed by atoms with Gasteiger partial charge in [-0.1, -0.05) is 53.5 Å². The lowest BCUT2D eigenvalue weighted by Gasteiger charge is -2.36. The highest BCUT2D eigenvalue weighted by Crippen LogP contribution is 2.24. The molecule has 0 aromatic heterocycles. The third-order valence-corrected chi connectivity index (χ3v) is 6.12. The van der Waals surface area contributed by atoms with Gasteiger partial charge in [-0.05, 0) is 48.0 Å². The second-order valence-corrected chi connectivity index (χ2v) is 8.48. The third kappa shape index (κ3) is 5.94. The number of piperazine rings is 1. The number of amides is 1. The zero-order chi connectivity index (χ0) is 22.3. The molecule has 1 fully saturated rings. The smallest absolute Gasteiger partial charge is 0.262 e. The number of benzene rings is 3. The summed E-state index contributed by atoms with van der Waals surface area (Å²) in [6.07, 6.45) is 0. The number of halogens is 2. The van der Waals surface area contributed by atoms with E-state index in [2.05, 4.69) is 21.2 Å². The van der Waals surface area contributed by atoms with Crippen molar-refractivity contribution in [2.75, 3.05) is 43.0 Å². The molecule has 166 valence electrons. The lowest BCUT2D eigenvalue weighted by molar-refractivity contribution is -0.118. The van der Waals surface area contributed by atoms with E-state index < -0.39 is 0 Å². The maximum absolute atomic E-state index is 12.2. The zero-order valence-corrected chi connectivity index (χ0v) is 19.1. The van der Waals surface area contributed by atoms with Crippen LogP contribution < -0.4 is 15.0 Å². The molecule has 0 aliphatic carbocycles. The minimum absolute atomic E-state index is 0.0983. The van der Waals surface area contributed by atoms with Gasteiger partial charge in [-0.3, -0.25) is 9.69 Å². The summed E-state index contributed by atoms with van der Waals surface area (Å²) in [6.45, 7) is 4.61. The molecule has 0 unspecified atom stereocenters. The Bertz CT molecular complexity index is 1050. The molecule has 4 rings (SSSR count). The Kier molecular flexibility index (Phi) is 7.53. The van der Waals surface area contributed by atoms with E-state index in [0.717, 1.165) is 49.1 Å². The summed E-state index contributed by atoms with van der Waals surface area (Å²) in [5.41, 5.74) is 3.05. The molecular weight excluding hydrogens is 445 g/mol. The quantitative estimate of drug-likeness (QED) is 0.507. The van der Waals surface area contributed by atoms with E-state index >= 15 is 0 Å². The van der Waals surface area contributed by atoms with Crippen LogP contribution in [0.2, 0.25) is 10.0 Å². The van der Waals surface area contributed by atoms with Crippen LogP contribution >= 0.6 is 23.2 Å². The predicted molar refractivity (Wildman–Crippen MR) is 131 cm³/mol. The first kappa shape index (κ1) is 22.5. The van der Waals surface area contributed by atoms with Gasteiger partial charge in [-0.25, -0.2) is 0 Å². The van der Waals surface area contributed by atoms with Crippen LogP contribution in [0.5, 0.6) is 5.75 Å². The van der Waals surface area contributed by atoms with Crippen LogP contribution in [-0.2, 0) is 11.3 Å². The number of hydrogen-bond acceptors (Lipinski definition) is 4. The standard InChI is InChI=1S/C25H25Cl2N3O2/c26-22-6-2-1-5-19(22)17-29-13-15-30(16-14-29)21-11-9-20(10-12-21)28-25(31)18-32-24-8-4-3-7-23(24)27/h1-12H,13-18H2,(H,28,31). The normalized spacial score (nSPS) is 14.2. The molecule has 5 nitrogen and oxygen atoms in total. The number of nitrogens with one attached hydrogen (secondary N) is 1. The fraction of sp³-hybridized carbons (Fsp3) is 0.240. The van der Waals surface area contributed by atoms with Crippen molar-refractivity contribution in [3.63, 3.8) is 0 Å². The van der Waals surface area contributed by atoms with E-state index in [-0.39, 0.29) is 12.5 Å². The van der Waals surface area contributed by atoms with E-state index in [1.54, 1.807) is 12.1 Å². The largest absolute Gasteiger partial charge is 0.482 e. The molecular formula is C25H25Cl2N3O2. The SMILES string of the molecule is O=C(COc1ccccc1Cl)Nc1ccc(N2CCN(Cc3ccccc3Cl)CC2)cc1. The number of carbonyl (C=O) groups excluding carboxylic acids is 1. The Hall–Kier alpha value is -2.73. The number of para-hydroxylation sites is 1. The van der Waals surface area contributed by atoms with Crippen molar-refractivity contribution in [2.24, 2.45) is 0 Å². The van der Waals surface area contributed by atoms with Gasteiger partial charge in [-0.2, -0.15) is 0 Å². The average Bonchev–Trinajstić information content (AvgIpc) is 2.81. The van der Waals surface area contributed by atoms with Crippen LogP contribution in [0.1, 0.15) is 5.56 Å². The fourth-order valence-electron chi connectivity index (χ4n) is 3.69. The lowest BCUT2D eigenvalue weighted by Crippen LogP contribution is -2.46. The van der Waals surface area contributed by atoms with Gasteiger partial charge in [0.25, 0.3) is 5.91 Å². The second kappa shape index (κ2) is 10.7. The molecule has 1 N–H and O–H groups in total. The van der Waals surface area contributed by atoms with Crippen LogP contribution in [0.4, 0.5) is 11.4 Å². The molecule has 0 spiro atoms. The maximum Gasteiger partial charge on any atom is 0.262 e. The third-order valence-electron chi connectivity index (χ3n) is 5.44. The molecule has 1 aliphatic heterocycles. The summed E-state index contributed by atoms with van der Waals surface area (Å²) in [4.78, 5) is 17.0. The summed E-state index contributed by atoms with van der Waals surface area (Å²) < 4.78 is 5.48. The van der Waals surface area contributed by atoms with Crippen molar-refractivity contribution < 1.29 is 9.53 Å². The molecule has 1 heterocycles. The highest BCUT2D eigenvalue weighted by Gasteiger charge is 2.18. The molecule has 0 bridgehead atoms. The fourth-order valence-corrected chi connectivity index (χ4v) is 4.08. The Morgan fingerprint density at radius 3 is 2.19 bits per heavy atom. The monoisotopic (exact) mass is 469 g/mol. The first-order valence-corrected chi connectivity index (χ1v) is 11.3. The van der Waals surface area contributed by atoms with Crippen LogP contribution in [0.3, 0.4) is 0 Å². The topological polar surface area (TPSA) is 44.8 Å². The minimum Gasteiger partial charge on any atom is -0.482 e. The lowest BCUT2D eigenvalue weighted by atomic mass is 10.2. The summed E-state index contributed by atoms with van der Waals surface area (Å²) in [5.74, 6) is 0.263. The molecule has 32 heavy (non-hydrogen) atoms. The van der Waals surface area contributed by atoms with E-state index in [0.29, 0.717) is 10.8 Å². The van der Waals surface area contributed by atoms with Crippen molar-refractivity contribution >= 4 is 40.5 Å². The van der Waals surface area contributed by atoms with Crippen molar-refractivity contribution in [3.05, 3.63) is 88.4 Å². The molecule has 1 aliphatic rings. The van der Waals surface area contributed by atoms with Crippen LogP contribution in [-0.4, -0.2) is 43.6 Å². The van der Waals surface area contributed by atoms with Crippen LogP contribution in [0.25, 0.3) is 0 Å². The maximum atomic E-state index is 12.2. The molecule has 1 saturated heterocycles. The van der Waals surface area contributed by atoms with Gasteiger partial charge in [0.1, 0.15) is 5.75 Å². The number of carbonyl (C=O) groups is 1. The minimum atomic E-state index is -0.231. The van der Waals surface area contributed by atoms with Gasteiger partial charge in [0.05, 0.1) is 5.02 Å². The Morgan fingerprint density at radius 1 is 0.844 bits per heavy atom. The number of anilines is 2. The predicted octanol–water partition coefficient (Wildman–Crippen LogP) is 5.33. The molecule has 0 saturated carbocycles. The molecule has 3 aromatic rings. The summed E-state index contributed by atoms with van der Waals surface area (Å²) in [7, 11) is 0. The highest BCUT2D eigenvalue weighted by molar-refractivity contribution is 6.32. The Morgan fingerprint density at radius 2 is 1.50 bits per heavy atom. The molecule has 1 amide bonds. The first-order chi connectivity index (χ1) is 15.6. The van der Waals surface area contributed by atoms with E-state index in [9.17, 15) is 4.79 Å². The van der Waals surface area contributed by atoms with E-state index in [1.165, 1.54) is 5.56 Å². The van der Waals surface area contributed by atoms with E-state index in [1.807, 2.05) is 54.6 Å². The van der Waals surface area contributed by atoms with E-state index in [4.69, 9.17) is 27.9 Å². The highest BCUT2D eigenvalue weighted by atomic mass is 35.5. The first-order valence-electron chi connectivity index (χ1n) is 10.6. The summed E-state index contributed by atoms with van der Waals surface area (Å²) in [6, 6.07) is 23.0. The van der Waals surface area contributed by atoms with Gasteiger partial charge >= 0.3 is 0 Å². The van der Waals surface area contributed by atoms with Gasteiger partial charge < -0.3 is 15.0 Å². The van der Waals surface area contributed by atoms with Gasteiger partial charge in [0.2, 0.25) is 0 Å². The van der Waals surface area contributed by atoms with Crippen LogP contribution in [0.15, 0.2) is 72.8 Å². The Balaban J connectivity index is 1.24. The van der Waals surface area contributed by atoms with Gasteiger partial charge in [-0.15, -0.1) is 0 Å². The van der Waals surface area contributed by atoms with Crippen LogP contribution in [0, 0.1) is 0 Å². The van der Waals surface area contributed by atoms with Crippen molar-refractivity contribution in [3.8, 4) is 5.75 Å². The number of hydrogen-bond donors (Lipinski definition) is 1. The zero-order valence-electron chi connectivity index (χ0n) is 17.6. The average molecular weight is 470 g/mol. The summed E-state index contributed by atoms with van der Waals surface area (Å²) >= 11 is 12.3. The number of nitrogens with zero attached hydrogens (tertiary/aromatic N) is 2. The molecule has 0 atom stereocenters. The molecule has 7 heteroatoms. The molecule has 3 aromatic carbocycles. The van der Waals surface area contributed by atoms with Gasteiger partial charge in [0, 0.05) is 49.1 Å². The van der Waals surface area contributed by atoms with Crippen molar-refractivity contribution in [2.45, 2.75) is 6.54 Å². The second-order valence-electron chi connectivity index (χ2n) is 7.67. The summed E-state index contributed by atoms with van der Waals surface area (Å²) in [5, 5.41) is 4.16. The molecule has 0 radical (unpaired) electrons. The Labute approximate surface area is 198 Å².